The molecule has 0 amide bonds. The van der Waals surface area contributed by atoms with Crippen LogP contribution in [0.15, 0.2) is 42.1 Å². The van der Waals surface area contributed by atoms with Gasteiger partial charge in [-0.3, -0.25) is 0 Å². The van der Waals surface area contributed by atoms with Crippen molar-refractivity contribution in [2.75, 3.05) is 0 Å². The summed E-state index contributed by atoms with van der Waals surface area (Å²) in [7, 11) is 0. The zero-order valence-electron chi connectivity index (χ0n) is 12.3. The Hall–Kier alpha value is -2.28. The van der Waals surface area contributed by atoms with Crippen molar-refractivity contribution < 1.29 is 9.53 Å². The number of hydrogen-bond acceptors (Lipinski definition) is 4. The summed E-state index contributed by atoms with van der Waals surface area (Å²) in [5, 5.41) is 12.2. The zero-order chi connectivity index (χ0) is 15.2. The highest BCUT2D eigenvalue weighted by Crippen LogP contribution is 2.13. The van der Waals surface area contributed by atoms with Gasteiger partial charge in [-0.15, -0.1) is 0 Å². The van der Waals surface area contributed by atoms with Gasteiger partial charge in [0, 0.05) is 11.8 Å². The molecule has 0 spiro atoms. The van der Waals surface area contributed by atoms with Crippen LogP contribution in [0.5, 0.6) is 0 Å². The van der Waals surface area contributed by atoms with Crippen LogP contribution >= 0.6 is 0 Å². The number of carbonyl (C=O) groups is 1. The van der Waals surface area contributed by atoms with Crippen molar-refractivity contribution in [3.8, 4) is 6.07 Å². The average molecular weight is 272 g/mol. The molecular formula is C16H20N2O2. The molecule has 0 saturated carbocycles. The fraction of sp³-hybridized carbons (Fsp3) is 0.375. The van der Waals surface area contributed by atoms with E-state index in [0.29, 0.717) is 5.70 Å². The van der Waals surface area contributed by atoms with E-state index >= 15 is 0 Å². The van der Waals surface area contributed by atoms with E-state index in [0.717, 1.165) is 5.56 Å². The van der Waals surface area contributed by atoms with Gasteiger partial charge in [-0.2, -0.15) is 5.26 Å². The number of rotatable bonds is 4. The molecule has 1 unspecified atom stereocenters. The Balaban J connectivity index is 2.71. The second-order valence-electron chi connectivity index (χ2n) is 5.48. The molecule has 0 heterocycles. The van der Waals surface area contributed by atoms with Gasteiger partial charge in [0.05, 0.1) is 6.07 Å². The van der Waals surface area contributed by atoms with Gasteiger partial charge in [0.15, 0.2) is 0 Å². The highest BCUT2D eigenvalue weighted by atomic mass is 16.6. The lowest BCUT2D eigenvalue weighted by atomic mass is 10.1. The number of ether oxygens (including phenoxy) is 1. The number of hydrogen-bond donors (Lipinski definition) is 1. The van der Waals surface area contributed by atoms with Crippen LogP contribution in [0.1, 0.15) is 39.3 Å². The van der Waals surface area contributed by atoms with Crippen LogP contribution in [0, 0.1) is 11.3 Å². The molecule has 0 aliphatic carbocycles. The van der Waals surface area contributed by atoms with Gasteiger partial charge in [0.25, 0.3) is 0 Å². The fourth-order valence-electron chi connectivity index (χ4n) is 1.61. The third-order valence-corrected chi connectivity index (χ3v) is 2.38. The molecule has 0 saturated heterocycles. The van der Waals surface area contributed by atoms with Crippen LogP contribution in [0.3, 0.4) is 0 Å². The lowest BCUT2D eigenvalue weighted by molar-refractivity contribution is -0.148. The third-order valence-electron chi connectivity index (χ3n) is 2.38. The molecule has 106 valence electrons. The molecule has 1 aromatic rings. The quantitative estimate of drug-likeness (QED) is 0.676. The Morgan fingerprint density at radius 2 is 1.95 bits per heavy atom. The van der Waals surface area contributed by atoms with E-state index in [4.69, 9.17) is 4.74 Å². The van der Waals surface area contributed by atoms with Gasteiger partial charge in [-0.05, 0) is 33.3 Å². The first-order chi connectivity index (χ1) is 9.31. The molecule has 0 bridgehead atoms. The minimum atomic E-state index is -0.526. The third kappa shape index (κ3) is 5.57. The van der Waals surface area contributed by atoms with Crippen LogP contribution in [0.4, 0.5) is 0 Å². The van der Waals surface area contributed by atoms with Gasteiger partial charge < -0.3 is 10.1 Å². The summed E-state index contributed by atoms with van der Waals surface area (Å²) < 4.78 is 5.19. The topological polar surface area (TPSA) is 62.1 Å². The van der Waals surface area contributed by atoms with E-state index in [2.05, 4.69) is 11.4 Å². The van der Waals surface area contributed by atoms with Gasteiger partial charge in [-0.1, -0.05) is 30.3 Å². The van der Waals surface area contributed by atoms with Crippen molar-refractivity contribution in [3.63, 3.8) is 0 Å². The smallest absolute Gasteiger partial charge is 0.333 e. The molecule has 0 aliphatic rings. The van der Waals surface area contributed by atoms with E-state index in [1.165, 1.54) is 6.08 Å². The summed E-state index contributed by atoms with van der Waals surface area (Å²) in [6, 6.07) is 11.0. The molecule has 0 aromatic heterocycles. The molecule has 0 aliphatic heterocycles. The van der Waals surface area contributed by atoms with Crippen LogP contribution in [0.25, 0.3) is 0 Å². The summed E-state index contributed by atoms with van der Waals surface area (Å²) in [6.07, 6.45) is 1.36. The second kappa shape index (κ2) is 6.76. The second-order valence-corrected chi connectivity index (χ2v) is 5.48. The molecule has 1 N–H and O–H groups in total. The van der Waals surface area contributed by atoms with E-state index < -0.39 is 17.6 Å². The van der Waals surface area contributed by atoms with Crippen molar-refractivity contribution in [2.45, 2.75) is 39.3 Å². The standard InChI is InChI=1S/C16H20N2O2/c1-12(10-15(19)20-16(2,3)4)18-14(11-17)13-8-6-5-7-9-13/h5-10,14,18H,1-4H3/b12-10-. The monoisotopic (exact) mass is 272 g/mol. The maximum atomic E-state index is 11.7. The van der Waals surface area contributed by atoms with Crippen molar-refractivity contribution in [1.82, 2.24) is 5.32 Å². The van der Waals surface area contributed by atoms with Crippen molar-refractivity contribution in [2.24, 2.45) is 0 Å². The minimum absolute atomic E-state index is 0.424. The van der Waals surface area contributed by atoms with Crippen molar-refractivity contribution >= 4 is 5.97 Å². The molecule has 0 radical (unpaired) electrons. The first-order valence-electron chi connectivity index (χ1n) is 6.44. The summed E-state index contributed by atoms with van der Waals surface area (Å²) in [4.78, 5) is 11.7. The summed E-state index contributed by atoms with van der Waals surface area (Å²) in [5.74, 6) is -0.424. The van der Waals surface area contributed by atoms with Crippen LogP contribution in [-0.4, -0.2) is 11.6 Å². The predicted molar refractivity (Wildman–Crippen MR) is 77.5 cm³/mol. The lowest BCUT2D eigenvalue weighted by Gasteiger charge is -2.19. The molecule has 4 nitrogen and oxygen atoms in total. The Kier molecular flexibility index (Phi) is 5.33. The Bertz CT molecular complexity index is 522. The largest absolute Gasteiger partial charge is 0.457 e. The van der Waals surface area contributed by atoms with Gasteiger partial charge >= 0.3 is 5.97 Å². The summed E-state index contributed by atoms with van der Waals surface area (Å²) in [5.41, 5.74) is 0.920. The molecule has 1 aromatic carbocycles. The van der Waals surface area contributed by atoms with Crippen molar-refractivity contribution in [1.29, 1.82) is 5.26 Å². The van der Waals surface area contributed by atoms with Crippen molar-refractivity contribution in [3.05, 3.63) is 47.7 Å². The Morgan fingerprint density at radius 1 is 1.35 bits per heavy atom. The van der Waals surface area contributed by atoms with E-state index in [9.17, 15) is 10.1 Å². The normalized spacial score (nSPS) is 13.2. The maximum absolute atomic E-state index is 11.7. The Morgan fingerprint density at radius 3 is 2.45 bits per heavy atom. The summed E-state index contributed by atoms with van der Waals surface area (Å²) >= 11 is 0. The average Bonchev–Trinajstić information content (AvgIpc) is 2.34. The molecule has 20 heavy (non-hydrogen) atoms. The predicted octanol–water partition coefficient (Wildman–Crippen LogP) is 3.09. The number of esters is 1. The lowest BCUT2D eigenvalue weighted by Crippen LogP contribution is -2.24. The number of nitriles is 1. The first kappa shape index (κ1) is 15.8. The molecular weight excluding hydrogens is 252 g/mol. The number of nitrogens with zero attached hydrogens (tertiary/aromatic N) is 1. The molecule has 0 fully saturated rings. The SMILES string of the molecule is C/C(=C/C(=O)OC(C)(C)C)NC(C#N)c1ccccc1. The van der Waals surface area contributed by atoms with Crippen LogP contribution < -0.4 is 5.32 Å². The van der Waals surface area contributed by atoms with E-state index in [1.54, 1.807) is 6.92 Å². The minimum Gasteiger partial charge on any atom is -0.457 e. The molecule has 1 atom stereocenters. The summed E-state index contributed by atoms with van der Waals surface area (Å²) in [6.45, 7) is 7.16. The highest BCUT2D eigenvalue weighted by molar-refractivity contribution is 5.82. The van der Waals surface area contributed by atoms with Crippen LogP contribution in [-0.2, 0) is 9.53 Å². The maximum Gasteiger partial charge on any atom is 0.333 e. The first-order valence-corrected chi connectivity index (χ1v) is 6.44. The van der Waals surface area contributed by atoms with E-state index in [1.807, 2.05) is 51.1 Å². The molecule has 4 heteroatoms. The molecule has 1 rings (SSSR count). The van der Waals surface area contributed by atoms with Gasteiger partial charge in [0.1, 0.15) is 11.6 Å². The number of benzene rings is 1. The number of nitrogens with one attached hydrogen (secondary N) is 1. The van der Waals surface area contributed by atoms with Gasteiger partial charge in [-0.25, -0.2) is 4.79 Å². The van der Waals surface area contributed by atoms with E-state index in [-0.39, 0.29) is 0 Å². The van der Waals surface area contributed by atoms with Crippen LogP contribution in [0.2, 0.25) is 0 Å². The zero-order valence-corrected chi connectivity index (χ0v) is 12.3. The number of allylic oxidation sites excluding steroid dienone is 1. The highest BCUT2D eigenvalue weighted by Gasteiger charge is 2.15. The fourth-order valence-corrected chi connectivity index (χ4v) is 1.61. The van der Waals surface area contributed by atoms with Gasteiger partial charge in [0.2, 0.25) is 0 Å². The number of carbonyl (C=O) groups excluding carboxylic acids is 1. The Labute approximate surface area is 120 Å².